The summed E-state index contributed by atoms with van der Waals surface area (Å²) in [5.41, 5.74) is 0. The Morgan fingerprint density at radius 1 is 1.27 bits per heavy atom. The molecule has 0 aromatic carbocycles. The van der Waals surface area contributed by atoms with Crippen LogP contribution in [0.1, 0.15) is 25.7 Å². The van der Waals surface area contributed by atoms with Gasteiger partial charge in [-0.1, -0.05) is 0 Å². The zero-order valence-corrected chi connectivity index (χ0v) is 8.66. The van der Waals surface area contributed by atoms with Gasteiger partial charge in [-0.2, -0.15) is 0 Å². The number of likely N-dealkylation sites (tertiary alicyclic amines) is 1. The Hall–Kier alpha value is -0.840. The second kappa shape index (κ2) is 4.35. The molecule has 1 aliphatic heterocycles. The number of rotatable bonds is 2. The quantitative estimate of drug-likeness (QED) is 0.729. The summed E-state index contributed by atoms with van der Waals surface area (Å²) in [6.07, 6.45) is 2.15. The molecule has 0 unspecified atom stereocenters. The van der Waals surface area contributed by atoms with Gasteiger partial charge in [-0.3, -0.25) is 4.90 Å². The largest absolute Gasteiger partial charge is 0.465 e. The van der Waals surface area contributed by atoms with Crippen LogP contribution in [0, 0.1) is 0 Å². The number of nitrogens with one attached hydrogen (secondary N) is 1. The number of halogens is 1. The Labute approximate surface area is 88.4 Å². The van der Waals surface area contributed by atoms with Gasteiger partial charge in [0.2, 0.25) is 0 Å². The first-order chi connectivity index (χ1) is 7.15. The lowest BCUT2D eigenvalue weighted by atomic mass is 9.88. The van der Waals surface area contributed by atoms with Gasteiger partial charge in [0.15, 0.2) is 0 Å². The Balaban J connectivity index is 1.70. The van der Waals surface area contributed by atoms with E-state index in [-0.39, 0.29) is 6.04 Å². The lowest BCUT2D eigenvalue weighted by molar-refractivity contribution is 0.0111. The van der Waals surface area contributed by atoms with Crippen molar-refractivity contribution in [3.8, 4) is 0 Å². The summed E-state index contributed by atoms with van der Waals surface area (Å²) in [7, 11) is 0. The number of alkyl halides is 1. The van der Waals surface area contributed by atoms with Crippen LogP contribution >= 0.6 is 0 Å². The molecule has 0 aromatic rings. The van der Waals surface area contributed by atoms with Crippen molar-refractivity contribution in [2.24, 2.45) is 0 Å². The summed E-state index contributed by atoms with van der Waals surface area (Å²) in [5.74, 6) is 0. The molecule has 86 valence electrons. The molecule has 15 heavy (non-hydrogen) atoms. The van der Waals surface area contributed by atoms with Crippen LogP contribution in [-0.4, -0.2) is 47.4 Å². The summed E-state index contributed by atoms with van der Waals surface area (Å²) in [4.78, 5) is 12.6. The van der Waals surface area contributed by atoms with Crippen molar-refractivity contribution < 1.29 is 14.3 Å². The Bertz CT molecular complexity index is 236. The first-order valence-electron chi connectivity index (χ1n) is 5.52. The van der Waals surface area contributed by atoms with Crippen molar-refractivity contribution in [1.29, 1.82) is 0 Å². The van der Waals surface area contributed by atoms with E-state index in [2.05, 4.69) is 10.2 Å². The van der Waals surface area contributed by atoms with E-state index < -0.39 is 12.3 Å². The second-order valence-corrected chi connectivity index (χ2v) is 4.51. The van der Waals surface area contributed by atoms with Crippen LogP contribution in [0.3, 0.4) is 0 Å². The number of carboxylic acid groups (broad SMARTS) is 1. The second-order valence-electron chi connectivity index (χ2n) is 4.51. The fraction of sp³-hybridized carbons (Fsp3) is 0.900. The third-order valence-electron chi connectivity index (χ3n) is 3.41. The standard InChI is InChI=1S/C10H17FN2O2/c11-7-5-13(6-7)9-3-1-8(2-4-9)12-10(14)15/h7-9,12H,1-6H2,(H,14,15)/t8-,9+. The molecule has 2 rings (SSSR count). The molecular formula is C10H17FN2O2. The van der Waals surface area contributed by atoms with Crippen LogP contribution in [0.25, 0.3) is 0 Å². The van der Waals surface area contributed by atoms with Crippen molar-refractivity contribution >= 4 is 6.09 Å². The molecule has 0 aromatic heterocycles. The fourth-order valence-corrected chi connectivity index (χ4v) is 2.51. The highest BCUT2D eigenvalue weighted by Crippen LogP contribution is 2.27. The maximum atomic E-state index is 12.6. The zero-order valence-electron chi connectivity index (χ0n) is 8.66. The van der Waals surface area contributed by atoms with Crippen LogP contribution in [0.4, 0.5) is 9.18 Å². The molecule has 0 atom stereocenters. The highest BCUT2D eigenvalue weighted by Gasteiger charge is 2.34. The summed E-state index contributed by atoms with van der Waals surface area (Å²) < 4.78 is 12.6. The number of carbonyl (C=O) groups is 1. The first-order valence-corrected chi connectivity index (χ1v) is 5.52. The first kappa shape index (κ1) is 10.7. The summed E-state index contributed by atoms with van der Waals surface area (Å²) in [6, 6.07) is 0.574. The molecule has 5 heteroatoms. The third-order valence-corrected chi connectivity index (χ3v) is 3.41. The van der Waals surface area contributed by atoms with Gasteiger partial charge in [0, 0.05) is 25.2 Å². The van der Waals surface area contributed by atoms with Gasteiger partial charge >= 0.3 is 6.09 Å². The van der Waals surface area contributed by atoms with Crippen molar-refractivity contribution in [1.82, 2.24) is 10.2 Å². The molecule has 1 saturated heterocycles. The molecule has 1 saturated carbocycles. The van der Waals surface area contributed by atoms with E-state index in [0.29, 0.717) is 19.1 Å². The van der Waals surface area contributed by atoms with Gasteiger partial charge in [0.05, 0.1) is 0 Å². The number of nitrogens with zero attached hydrogens (tertiary/aromatic N) is 1. The van der Waals surface area contributed by atoms with Gasteiger partial charge in [0.25, 0.3) is 0 Å². The van der Waals surface area contributed by atoms with Crippen LogP contribution in [0.2, 0.25) is 0 Å². The van der Waals surface area contributed by atoms with Crippen molar-refractivity contribution in [3.63, 3.8) is 0 Å². The molecule has 0 spiro atoms. The average molecular weight is 216 g/mol. The highest BCUT2D eigenvalue weighted by molar-refractivity contribution is 5.64. The topological polar surface area (TPSA) is 52.6 Å². The van der Waals surface area contributed by atoms with Crippen molar-refractivity contribution in [2.45, 2.75) is 43.9 Å². The summed E-state index contributed by atoms with van der Waals surface area (Å²) in [6.45, 7) is 1.14. The van der Waals surface area contributed by atoms with Crippen LogP contribution in [-0.2, 0) is 0 Å². The maximum Gasteiger partial charge on any atom is 0.404 e. The molecule has 1 aliphatic carbocycles. The van der Waals surface area contributed by atoms with Gasteiger partial charge in [-0.05, 0) is 25.7 Å². The Morgan fingerprint density at radius 2 is 1.87 bits per heavy atom. The Morgan fingerprint density at radius 3 is 2.33 bits per heavy atom. The highest BCUT2D eigenvalue weighted by atomic mass is 19.1. The van der Waals surface area contributed by atoms with Crippen LogP contribution in [0.15, 0.2) is 0 Å². The SMILES string of the molecule is O=C(O)N[C@H]1CC[C@@H](N2CC(F)C2)CC1. The van der Waals surface area contributed by atoms with Crippen molar-refractivity contribution in [2.75, 3.05) is 13.1 Å². The van der Waals surface area contributed by atoms with E-state index in [1.54, 1.807) is 0 Å². The molecule has 4 nitrogen and oxygen atoms in total. The molecule has 1 heterocycles. The van der Waals surface area contributed by atoms with Gasteiger partial charge in [0.1, 0.15) is 6.17 Å². The van der Waals surface area contributed by atoms with Crippen molar-refractivity contribution in [3.05, 3.63) is 0 Å². The predicted octanol–water partition coefficient (Wildman–Crippen LogP) is 1.22. The predicted molar refractivity (Wildman–Crippen MR) is 53.7 cm³/mol. The molecule has 2 N–H and O–H groups in total. The van der Waals surface area contributed by atoms with Gasteiger partial charge < -0.3 is 10.4 Å². The molecule has 2 aliphatic rings. The number of hydrogen-bond donors (Lipinski definition) is 2. The fourth-order valence-electron chi connectivity index (χ4n) is 2.51. The lowest BCUT2D eigenvalue weighted by Gasteiger charge is -2.43. The minimum atomic E-state index is -0.939. The minimum Gasteiger partial charge on any atom is -0.465 e. The smallest absolute Gasteiger partial charge is 0.404 e. The zero-order chi connectivity index (χ0) is 10.8. The monoisotopic (exact) mass is 216 g/mol. The van der Waals surface area contributed by atoms with Gasteiger partial charge in [-0.25, -0.2) is 9.18 Å². The summed E-state index contributed by atoms with van der Waals surface area (Å²) in [5, 5.41) is 11.1. The van der Waals surface area contributed by atoms with E-state index in [1.165, 1.54) is 0 Å². The average Bonchev–Trinajstić information content (AvgIpc) is 2.14. The van der Waals surface area contributed by atoms with E-state index >= 15 is 0 Å². The van der Waals surface area contributed by atoms with E-state index in [9.17, 15) is 9.18 Å². The number of amides is 1. The van der Waals surface area contributed by atoms with E-state index in [0.717, 1.165) is 25.7 Å². The Kier molecular flexibility index (Phi) is 3.09. The third kappa shape index (κ3) is 2.59. The molecule has 0 radical (unpaired) electrons. The van der Waals surface area contributed by atoms with Gasteiger partial charge in [-0.15, -0.1) is 0 Å². The molecular weight excluding hydrogens is 199 g/mol. The minimum absolute atomic E-state index is 0.0983. The molecule has 2 fully saturated rings. The van der Waals surface area contributed by atoms with Crippen LogP contribution < -0.4 is 5.32 Å². The van der Waals surface area contributed by atoms with Crippen LogP contribution in [0.5, 0.6) is 0 Å². The summed E-state index contributed by atoms with van der Waals surface area (Å²) >= 11 is 0. The normalized spacial score (nSPS) is 33.4. The van der Waals surface area contributed by atoms with E-state index in [4.69, 9.17) is 5.11 Å². The maximum absolute atomic E-state index is 12.6. The number of hydrogen-bond acceptors (Lipinski definition) is 2. The molecule has 1 amide bonds. The van der Waals surface area contributed by atoms with E-state index in [1.807, 2.05) is 0 Å². The molecule has 0 bridgehead atoms. The lowest BCUT2D eigenvalue weighted by Crippen LogP contribution is -2.55.